The van der Waals surface area contributed by atoms with Gasteiger partial charge in [0.05, 0.1) is 37.1 Å². The Kier molecular flexibility index (Phi) is 6.29. The standard InChI is InChI=1S/C25H23F3N4O3/c26-25(27,28)17-4-1-3-16(15-17)18-7-8-21-23(30-18)19(9-12-35-21)31-24(33)20-5-2-6-22(29-20)32-10-13-34-14-11-32/h1-8,15,19H,9-14H2,(H,31,33). The fraction of sp³-hybridized carbons (Fsp3) is 0.320. The second kappa shape index (κ2) is 9.53. The first-order valence-electron chi connectivity index (χ1n) is 11.3. The number of nitrogens with zero attached hydrogens (tertiary/aromatic N) is 3. The zero-order valence-corrected chi connectivity index (χ0v) is 18.7. The van der Waals surface area contributed by atoms with Crippen LogP contribution in [-0.2, 0) is 10.9 Å². The first-order chi connectivity index (χ1) is 16.9. The first-order valence-corrected chi connectivity index (χ1v) is 11.3. The topological polar surface area (TPSA) is 76.6 Å². The number of carbonyl (C=O) groups is 1. The van der Waals surface area contributed by atoms with Crippen molar-refractivity contribution in [2.75, 3.05) is 37.8 Å². The van der Waals surface area contributed by atoms with E-state index in [0.29, 0.717) is 67.8 Å². The molecule has 2 aromatic heterocycles. The largest absolute Gasteiger partial charge is 0.491 e. The molecule has 0 radical (unpaired) electrons. The van der Waals surface area contributed by atoms with E-state index in [2.05, 4.69) is 20.2 Å². The molecule has 2 aliphatic rings. The molecular weight excluding hydrogens is 461 g/mol. The second-order valence-corrected chi connectivity index (χ2v) is 8.30. The van der Waals surface area contributed by atoms with E-state index in [1.807, 2.05) is 6.07 Å². The summed E-state index contributed by atoms with van der Waals surface area (Å²) in [6.07, 6.45) is -3.98. The monoisotopic (exact) mass is 484 g/mol. The van der Waals surface area contributed by atoms with Gasteiger partial charge in [-0.25, -0.2) is 9.97 Å². The maximum atomic E-state index is 13.2. The number of hydrogen-bond donors (Lipinski definition) is 1. The molecule has 1 atom stereocenters. The molecular formula is C25H23F3N4O3. The van der Waals surface area contributed by atoms with Gasteiger partial charge in [0, 0.05) is 25.1 Å². The van der Waals surface area contributed by atoms with E-state index >= 15 is 0 Å². The van der Waals surface area contributed by atoms with Gasteiger partial charge in [0.2, 0.25) is 0 Å². The number of halogens is 3. The highest BCUT2D eigenvalue weighted by molar-refractivity contribution is 5.93. The number of benzene rings is 1. The molecule has 0 spiro atoms. The summed E-state index contributed by atoms with van der Waals surface area (Å²) >= 11 is 0. The molecule has 0 bridgehead atoms. The summed E-state index contributed by atoms with van der Waals surface area (Å²) in [6.45, 7) is 3.00. The third-order valence-electron chi connectivity index (χ3n) is 5.97. The van der Waals surface area contributed by atoms with Crippen LogP contribution in [0.3, 0.4) is 0 Å². The number of nitrogens with one attached hydrogen (secondary N) is 1. The smallest absolute Gasteiger partial charge is 0.416 e. The number of pyridine rings is 2. The molecule has 3 aromatic rings. The molecule has 4 heterocycles. The number of alkyl halides is 3. The Labute approximate surface area is 199 Å². The van der Waals surface area contributed by atoms with Crippen LogP contribution in [-0.4, -0.2) is 48.8 Å². The third-order valence-corrected chi connectivity index (χ3v) is 5.97. The molecule has 5 rings (SSSR count). The van der Waals surface area contributed by atoms with Crippen LogP contribution in [0.5, 0.6) is 5.75 Å². The summed E-state index contributed by atoms with van der Waals surface area (Å²) in [5, 5.41) is 2.97. The first kappa shape index (κ1) is 23.1. The SMILES string of the molecule is O=C(NC1CCOc2ccc(-c3cccc(C(F)(F)F)c3)nc21)c1cccc(N2CCOCC2)n1. The van der Waals surface area contributed by atoms with Gasteiger partial charge < -0.3 is 19.7 Å². The molecule has 1 N–H and O–H groups in total. The van der Waals surface area contributed by atoms with E-state index in [4.69, 9.17) is 9.47 Å². The van der Waals surface area contributed by atoms with Crippen LogP contribution < -0.4 is 15.0 Å². The van der Waals surface area contributed by atoms with Crippen LogP contribution in [0.15, 0.2) is 54.6 Å². The van der Waals surface area contributed by atoms with E-state index in [1.54, 1.807) is 30.3 Å². The van der Waals surface area contributed by atoms with Crippen molar-refractivity contribution in [3.63, 3.8) is 0 Å². The Morgan fingerprint density at radius 3 is 2.60 bits per heavy atom. The molecule has 1 unspecified atom stereocenters. The second-order valence-electron chi connectivity index (χ2n) is 8.30. The molecule has 10 heteroatoms. The van der Waals surface area contributed by atoms with Gasteiger partial charge in [-0.05, 0) is 36.4 Å². The van der Waals surface area contributed by atoms with E-state index < -0.39 is 17.8 Å². The van der Waals surface area contributed by atoms with Crippen LogP contribution in [0.2, 0.25) is 0 Å². The normalized spacial score (nSPS) is 17.9. The van der Waals surface area contributed by atoms with Crippen molar-refractivity contribution < 1.29 is 27.4 Å². The number of morpholine rings is 1. The highest BCUT2D eigenvalue weighted by Gasteiger charge is 2.31. The lowest BCUT2D eigenvalue weighted by Gasteiger charge is -2.28. The zero-order valence-electron chi connectivity index (χ0n) is 18.7. The number of rotatable bonds is 4. The van der Waals surface area contributed by atoms with Gasteiger partial charge in [-0.3, -0.25) is 4.79 Å². The highest BCUT2D eigenvalue weighted by Crippen LogP contribution is 2.35. The van der Waals surface area contributed by atoms with Crippen molar-refractivity contribution in [1.82, 2.24) is 15.3 Å². The Balaban J connectivity index is 1.38. The average molecular weight is 484 g/mol. The molecule has 1 aromatic carbocycles. The van der Waals surface area contributed by atoms with Crippen molar-refractivity contribution in [3.8, 4) is 17.0 Å². The van der Waals surface area contributed by atoms with Gasteiger partial charge >= 0.3 is 6.18 Å². The predicted molar refractivity (Wildman–Crippen MR) is 122 cm³/mol. The highest BCUT2D eigenvalue weighted by atomic mass is 19.4. The molecule has 1 fully saturated rings. The van der Waals surface area contributed by atoms with E-state index in [0.717, 1.165) is 12.1 Å². The maximum Gasteiger partial charge on any atom is 0.416 e. The maximum absolute atomic E-state index is 13.2. The van der Waals surface area contributed by atoms with Gasteiger partial charge in [0.25, 0.3) is 5.91 Å². The predicted octanol–water partition coefficient (Wildman–Crippen LogP) is 4.25. The number of carbonyl (C=O) groups excluding carboxylic acids is 1. The number of aromatic nitrogens is 2. The van der Waals surface area contributed by atoms with E-state index in [-0.39, 0.29) is 11.6 Å². The lowest BCUT2D eigenvalue weighted by atomic mass is 10.0. The van der Waals surface area contributed by atoms with Gasteiger partial charge in [-0.1, -0.05) is 18.2 Å². The number of amides is 1. The van der Waals surface area contributed by atoms with E-state index in [1.165, 1.54) is 6.07 Å². The Morgan fingerprint density at radius 2 is 1.80 bits per heavy atom. The van der Waals surface area contributed by atoms with Crippen LogP contribution in [0.25, 0.3) is 11.3 Å². The van der Waals surface area contributed by atoms with Crippen LogP contribution in [0.1, 0.15) is 34.2 Å². The Morgan fingerprint density at radius 1 is 1.00 bits per heavy atom. The number of anilines is 1. The molecule has 1 amide bonds. The molecule has 2 aliphatic heterocycles. The van der Waals surface area contributed by atoms with Crippen molar-refractivity contribution in [1.29, 1.82) is 0 Å². The number of hydrogen-bond acceptors (Lipinski definition) is 6. The summed E-state index contributed by atoms with van der Waals surface area (Å²) in [5.41, 5.74) is 0.701. The van der Waals surface area contributed by atoms with Gasteiger partial charge in [-0.15, -0.1) is 0 Å². The summed E-state index contributed by atoms with van der Waals surface area (Å²) in [7, 11) is 0. The molecule has 0 aliphatic carbocycles. The quantitative estimate of drug-likeness (QED) is 0.597. The van der Waals surface area contributed by atoms with Gasteiger partial charge in [-0.2, -0.15) is 13.2 Å². The molecule has 1 saturated heterocycles. The summed E-state index contributed by atoms with van der Waals surface area (Å²) in [6, 6.07) is 13.1. The van der Waals surface area contributed by atoms with Crippen molar-refractivity contribution >= 4 is 11.7 Å². The van der Waals surface area contributed by atoms with Crippen molar-refractivity contribution in [2.45, 2.75) is 18.6 Å². The number of fused-ring (bicyclic) bond motifs is 1. The average Bonchev–Trinajstić information content (AvgIpc) is 2.89. The fourth-order valence-electron chi connectivity index (χ4n) is 4.16. The van der Waals surface area contributed by atoms with Crippen LogP contribution >= 0.6 is 0 Å². The molecule has 7 nitrogen and oxygen atoms in total. The zero-order chi connectivity index (χ0) is 24.4. The van der Waals surface area contributed by atoms with Crippen molar-refractivity contribution in [3.05, 3.63) is 71.5 Å². The summed E-state index contributed by atoms with van der Waals surface area (Å²) in [5.74, 6) is 0.842. The molecule has 182 valence electrons. The Hall–Kier alpha value is -3.66. The van der Waals surface area contributed by atoms with Gasteiger partial charge in [0.15, 0.2) is 0 Å². The van der Waals surface area contributed by atoms with E-state index in [9.17, 15) is 18.0 Å². The Bertz CT molecular complexity index is 1230. The number of ether oxygens (including phenoxy) is 2. The lowest BCUT2D eigenvalue weighted by molar-refractivity contribution is -0.137. The minimum absolute atomic E-state index is 0.274. The van der Waals surface area contributed by atoms with Crippen LogP contribution in [0.4, 0.5) is 19.0 Å². The third kappa shape index (κ3) is 5.07. The summed E-state index contributed by atoms with van der Waals surface area (Å²) < 4.78 is 50.6. The fourth-order valence-corrected chi connectivity index (χ4v) is 4.16. The molecule has 35 heavy (non-hydrogen) atoms. The summed E-state index contributed by atoms with van der Waals surface area (Å²) in [4.78, 5) is 24.2. The minimum atomic E-state index is -4.45. The van der Waals surface area contributed by atoms with Crippen LogP contribution in [0, 0.1) is 0 Å². The molecule has 0 saturated carbocycles. The lowest BCUT2D eigenvalue weighted by Crippen LogP contribution is -2.37. The van der Waals surface area contributed by atoms with Crippen molar-refractivity contribution in [2.24, 2.45) is 0 Å². The minimum Gasteiger partial charge on any atom is -0.491 e. The van der Waals surface area contributed by atoms with Gasteiger partial charge in [0.1, 0.15) is 23.0 Å².